The minimum absolute atomic E-state index is 0.750. The molecule has 0 saturated heterocycles. The molecule has 1 nitrogen and oxygen atoms in total. The van der Waals surface area contributed by atoms with E-state index >= 15 is 0 Å². The molecule has 1 aromatic heterocycles. The van der Waals surface area contributed by atoms with Crippen LogP contribution in [0.15, 0.2) is 83.5 Å². The first-order valence-electron chi connectivity index (χ1n) is 7.35. The number of hydrogen-bond donors (Lipinski definition) is 0. The zero-order chi connectivity index (χ0) is 15.8. The highest BCUT2D eigenvalue weighted by Crippen LogP contribution is 2.37. The number of fused-ring (bicyclic) bond motifs is 1. The van der Waals surface area contributed by atoms with Gasteiger partial charge in [-0.15, -0.1) is 0 Å². The highest BCUT2D eigenvalue weighted by atomic mass is 79.9. The maximum absolute atomic E-state index is 6.53. The second kappa shape index (κ2) is 5.88. The summed E-state index contributed by atoms with van der Waals surface area (Å²) in [6, 6.07) is 24.6. The fourth-order valence-corrected chi connectivity index (χ4v) is 3.67. The number of para-hydroxylation sites is 2. The summed E-state index contributed by atoms with van der Waals surface area (Å²) in [7, 11) is 0. The summed E-state index contributed by atoms with van der Waals surface area (Å²) in [5.41, 5.74) is 4.47. The van der Waals surface area contributed by atoms with E-state index in [1.54, 1.807) is 0 Å². The summed E-state index contributed by atoms with van der Waals surface area (Å²) >= 11 is 10.2. The van der Waals surface area contributed by atoms with Gasteiger partial charge >= 0.3 is 0 Å². The molecule has 1 heterocycles. The number of benzene rings is 3. The fourth-order valence-electron chi connectivity index (χ4n) is 2.93. The van der Waals surface area contributed by atoms with Gasteiger partial charge in [0.25, 0.3) is 0 Å². The molecule has 0 bridgehead atoms. The van der Waals surface area contributed by atoms with Crippen LogP contribution in [0.5, 0.6) is 0 Å². The Hall–Kier alpha value is -2.03. The van der Waals surface area contributed by atoms with Crippen molar-refractivity contribution in [2.75, 3.05) is 0 Å². The Bertz CT molecular complexity index is 989. The standard InChI is InChI=1S/C20H13BrClN/c21-17-10-4-5-12-19(17)23-13-16(14-7-2-1-3-8-14)15-9-6-11-18(22)20(15)23/h1-13H. The lowest BCUT2D eigenvalue weighted by molar-refractivity contribution is 1.12. The average Bonchev–Trinajstić information content (AvgIpc) is 2.97. The summed E-state index contributed by atoms with van der Waals surface area (Å²) < 4.78 is 3.20. The van der Waals surface area contributed by atoms with E-state index < -0.39 is 0 Å². The summed E-state index contributed by atoms with van der Waals surface area (Å²) in [6.45, 7) is 0. The first-order valence-corrected chi connectivity index (χ1v) is 8.53. The predicted octanol–water partition coefficient (Wildman–Crippen LogP) is 6.71. The van der Waals surface area contributed by atoms with Crippen LogP contribution in [0, 0.1) is 0 Å². The molecule has 4 rings (SSSR count). The topological polar surface area (TPSA) is 4.93 Å². The van der Waals surface area contributed by atoms with E-state index in [1.165, 1.54) is 11.1 Å². The second-order valence-corrected chi connectivity index (χ2v) is 6.63. The third-order valence-electron chi connectivity index (χ3n) is 3.97. The van der Waals surface area contributed by atoms with E-state index in [1.807, 2.05) is 36.4 Å². The summed E-state index contributed by atoms with van der Waals surface area (Å²) in [4.78, 5) is 0. The molecule has 0 fully saturated rings. The third-order valence-corrected chi connectivity index (χ3v) is 4.95. The SMILES string of the molecule is Clc1cccc2c(-c3ccccc3)cn(-c3ccccc3Br)c12. The molecule has 0 spiro atoms. The van der Waals surface area contributed by atoms with Crippen LogP contribution in [0.4, 0.5) is 0 Å². The number of aromatic nitrogens is 1. The Morgan fingerprint density at radius 2 is 1.52 bits per heavy atom. The van der Waals surface area contributed by atoms with Crippen LogP contribution in [0.25, 0.3) is 27.7 Å². The molecule has 0 amide bonds. The average molecular weight is 383 g/mol. The smallest absolute Gasteiger partial charge is 0.0722 e. The normalized spacial score (nSPS) is 11.0. The molecule has 0 atom stereocenters. The Morgan fingerprint density at radius 1 is 0.783 bits per heavy atom. The summed E-state index contributed by atoms with van der Waals surface area (Å²) in [5, 5.41) is 1.90. The van der Waals surface area contributed by atoms with Gasteiger partial charge in [-0.05, 0) is 39.7 Å². The Morgan fingerprint density at radius 3 is 2.30 bits per heavy atom. The van der Waals surface area contributed by atoms with Crippen molar-refractivity contribution >= 4 is 38.4 Å². The lowest BCUT2D eigenvalue weighted by Gasteiger charge is -2.08. The van der Waals surface area contributed by atoms with Gasteiger partial charge in [0.15, 0.2) is 0 Å². The zero-order valence-corrected chi connectivity index (χ0v) is 14.6. The zero-order valence-electron chi connectivity index (χ0n) is 12.2. The molecule has 4 aromatic rings. The highest BCUT2D eigenvalue weighted by molar-refractivity contribution is 9.10. The molecule has 0 saturated carbocycles. The monoisotopic (exact) mass is 381 g/mol. The number of nitrogens with zero attached hydrogens (tertiary/aromatic N) is 1. The Balaban J connectivity index is 2.09. The van der Waals surface area contributed by atoms with Crippen LogP contribution in [0.2, 0.25) is 5.02 Å². The van der Waals surface area contributed by atoms with Gasteiger partial charge < -0.3 is 4.57 Å². The van der Waals surface area contributed by atoms with Crippen LogP contribution in [-0.4, -0.2) is 4.57 Å². The second-order valence-electron chi connectivity index (χ2n) is 5.37. The molecule has 3 aromatic carbocycles. The van der Waals surface area contributed by atoms with Crippen molar-refractivity contribution in [2.24, 2.45) is 0 Å². The largest absolute Gasteiger partial charge is 0.313 e. The van der Waals surface area contributed by atoms with Gasteiger partial charge in [-0.1, -0.05) is 66.2 Å². The molecular weight excluding hydrogens is 370 g/mol. The molecule has 23 heavy (non-hydrogen) atoms. The number of halogens is 2. The van der Waals surface area contributed by atoms with Crippen LogP contribution in [0.1, 0.15) is 0 Å². The van der Waals surface area contributed by atoms with Crippen molar-refractivity contribution in [1.82, 2.24) is 4.57 Å². The molecule has 0 aliphatic heterocycles. The summed E-state index contributed by atoms with van der Waals surface area (Å²) in [6.07, 6.45) is 2.16. The van der Waals surface area contributed by atoms with Gasteiger partial charge in [-0.3, -0.25) is 0 Å². The summed E-state index contributed by atoms with van der Waals surface area (Å²) in [5.74, 6) is 0. The quantitative estimate of drug-likeness (QED) is 0.363. The van der Waals surface area contributed by atoms with E-state index in [9.17, 15) is 0 Å². The van der Waals surface area contributed by atoms with E-state index in [2.05, 4.69) is 63.1 Å². The molecule has 0 unspecified atom stereocenters. The van der Waals surface area contributed by atoms with Crippen molar-refractivity contribution in [3.63, 3.8) is 0 Å². The van der Waals surface area contributed by atoms with Crippen molar-refractivity contribution < 1.29 is 0 Å². The van der Waals surface area contributed by atoms with Gasteiger partial charge in [0.05, 0.1) is 16.2 Å². The maximum Gasteiger partial charge on any atom is 0.0722 e. The van der Waals surface area contributed by atoms with Crippen LogP contribution < -0.4 is 0 Å². The van der Waals surface area contributed by atoms with Crippen molar-refractivity contribution in [1.29, 1.82) is 0 Å². The minimum atomic E-state index is 0.750. The number of hydrogen-bond acceptors (Lipinski definition) is 0. The Kier molecular flexibility index (Phi) is 3.72. The van der Waals surface area contributed by atoms with E-state index in [4.69, 9.17) is 11.6 Å². The highest BCUT2D eigenvalue weighted by Gasteiger charge is 2.15. The lowest BCUT2D eigenvalue weighted by Crippen LogP contribution is -1.93. The van der Waals surface area contributed by atoms with Crippen molar-refractivity contribution in [2.45, 2.75) is 0 Å². The van der Waals surface area contributed by atoms with Crippen molar-refractivity contribution in [3.05, 3.63) is 88.5 Å². The molecule has 0 radical (unpaired) electrons. The molecule has 0 aliphatic rings. The van der Waals surface area contributed by atoms with Gasteiger partial charge in [-0.25, -0.2) is 0 Å². The van der Waals surface area contributed by atoms with Crippen LogP contribution in [0.3, 0.4) is 0 Å². The van der Waals surface area contributed by atoms with Gasteiger partial charge in [-0.2, -0.15) is 0 Å². The van der Waals surface area contributed by atoms with Crippen LogP contribution in [-0.2, 0) is 0 Å². The first-order chi connectivity index (χ1) is 11.3. The van der Waals surface area contributed by atoms with E-state index in [0.29, 0.717) is 0 Å². The van der Waals surface area contributed by atoms with Crippen LogP contribution >= 0.6 is 27.5 Å². The van der Waals surface area contributed by atoms with Gasteiger partial charge in [0.1, 0.15) is 0 Å². The van der Waals surface area contributed by atoms with Crippen molar-refractivity contribution in [3.8, 4) is 16.8 Å². The minimum Gasteiger partial charge on any atom is -0.313 e. The van der Waals surface area contributed by atoms with E-state index in [0.717, 1.165) is 26.1 Å². The lowest BCUT2D eigenvalue weighted by atomic mass is 10.1. The van der Waals surface area contributed by atoms with Gasteiger partial charge in [0, 0.05) is 21.6 Å². The maximum atomic E-state index is 6.53. The Labute approximate surface area is 148 Å². The molecule has 112 valence electrons. The third kappa shape index (κ3) is 2.48. The first kappa shape index (κ1) is 14.6. The van der Waals surface area contributed by atoms with Gasteiger partial charge in [0.2, 0.25) is 0 Å². The predicted molar refractivity (Wildman–Crippen MR) is 101 cm³/mol. The molecule has 0 N–H and O–H groups in total. The fraction of sp³-hybridized carbons (Fsp3) is 0. The molecular formula is C20H13BrClN. The van der Waals surface area contributed by atoms with E-state index in [-0.39, 0.29) is 0 Å². The number of rotatable bonds is 2. The molecule has 3 heteroatoms. The molecule has 0 aliphatic carbocycles.